The average Bonchev–Trinajstić information content (AvgIpc) is 2.36. The molecule has 7 heteroatoms. The van der Waals surface area contributed by atoms with Crippen molar-refractivity contribution in [3.05, 3.63) is 0 Å². The van der Waals surface area contributed by atoms with Gasteiger partial charge in [-0.1, -0.05) is 0 Å². The van der Waals surface area contributed by atoms with Gasteiger partial charge in [0.15, 0.2) is 0 Å². The van der Waals surface area contributed by atoms with Crippen molar-refractivity contribution in [2.24, 2.45) is 0 Å². The maximum atomic E-state index is 11.5. The smallest absolute Gasteiger partial charge is 0.329 e. The van der Waals surface area contributed by atoms with E-state index in [1.54, 1.807) is 0 Å². The molecule has 2 N–H and O–H groups in total. The number of aliphatic hydroxyl groups excluding tert-OH is 1. The van der Waals surface area contributed by atoms with Crippen molar-refractivity contribution < 1.29 is 24.2 Å². The second-order valence-corrected chi connectivity index (χ2v) is 4.21. The molecule has 0 bridgehead atoms. The number of nitrogens with zero attached hydrogens (tertiary/aromatic N) is 1. The molecule has 18 heavy (non-hydrogen) atoms. The number of nitrogens with one attached hydrogen (secondary N) is 1. The lowest BCUT2D eigenvalue weighted by atomic mass is 10.2. The van der Waals surface area contributed by atoms with Gasteiger partial charge >= 0.3 is 5.97 Å². The fourth-order valence-electron chi connectivity index (χ4n) is 1.88. The number of rotatable bonds is 5. The Morgan fingerprint density at radius 2 is 2.33 bits per heavy atom. The van der Waals surface area contributed by atoms with Crippen LogP contribution < -0.4 is 5.32 Å². The van der Waals surface area contributed by atoms with Crippen molar-refractivity contribution in [3.63, 3.8) is 0 Å². The highest BCUT2D eigenvalue weighted by Crippen LogP contribution is 2.06. The summed E-state index contributed by atoms with van der Waals surface area (Å²) >= 11 is 0. The number of methoxy groups -OCH3 is 1. The number of ether oxygens (including phenoxy) is 2. The van der Waals surface area contributed by atoms with Gasteiger partial charge in [0.2, 0.25) is 5.91 Å². The van der Waals surface area contributed by atoms with Gasteiger partial charge in [-0.15, -0.1) is 0 Å². The largest absolute Gasteiger partial charge is 0.467 e. The van der Waals surface area contributed by atoms with Crippen LogP contribution in [-0.4, -0.2) is 74.0 Å². The lowest BCUT2D eigenvalue weighted by Gasteiger charge is -2.33. The first-order valence-corrected chi connectivity index (χ1v) is 5.86. The minimum absolute atomic E-state index is 0.0560. The van der Waals surface area contributed by atoms with Gasteiger partial charge in [-0.2, -0.15) is 0 Å². The van der Waals surface area contributed by atoms with Crippen LogP contribution in [-0.2, 0) is 19.1 Å². The van der Waals surface area contributed by atoms with Gasteiger partial charge in [0, 0.05) is 26.6 Å². The standard InChI is InChI=1S/C11H20N2O5/c1-8(15)12-10(11(16)17-2)6-13-3-4-18-9(5-13)7-14/h9-10,14H,3-7H2,1-2H3,(H,12,15). The fourth-order valence-corrected chi connectivity index (χ4v) is 1.88. The number of esters is 1. The summed E-state index contributed by atoms with van der Waals surface area (Å²) in [6, 6.07) is -0.690. The van der Waals surface area contributed by atoms with Crippen molar-refractivity contribution >= 4 is 11.9 Å². The predicted octanol–water partition coefficient (Wildman–Crippen LogP) is -1.64. The van der Waals surface area contributed by atoms with Gasteiger partial charge < -0.3 is 19.9 Å². The zero-order chi connectivity index (χ0) is 13.5. The molecule has 1 heterocycles. The lowest BCUT2D eigenvalue weighted by Crippen LogP contribution is -2.53. The van der Waals surface area contributed by atoms with E-state index in [4.69, 9.17) is 9.84 Å². The molecule has 0 saturated carbocycles. The third kappa shape index (κ3) is 4.59. The highest BCUT2D eigenvalue weighted by Gasteiger charge is 2.27. The minimum Gasteiger partial charge on any atom is -0.467 e. The Bertz CT molecular complexity index is 297. The van der Waals surface area contributed by atoms with Gasteiger partial charge in [-0.3, -0.25) is 9.69 Å². The quantitative estimate of drug-likeness (QED) is 0.576. The molecule has 0 aromatic carbocycles. The number of morpholine rings is 1. The molecule has 1 saturated heterocycles. The number of carbonyl (C=O) groups is 2. The van der Waals surface area contributed by atoms with Crippen LogP contribution in [0, 0.1) is 0 Å². The second kappa shape index (κ2) is 7.30. The number of carbonyl (C=O) groups excluding carboxylic acids is 2. The van der Waals surface area contributed by atoms with Crippen LogP contribution in [0.2, 0.25) is 0 Å². The van der Waals surface area contributed by atoms with Crippen LogP contribution in [0.3, 0.4) is 0 Å². The maximum Gasteiger partial charge on any atom is 0.329 e. The summed E-state index contributed by atoms with van der Waals surface area (Å²) in [7, 11) is 1.28. The number of hydrogen-bond donors (Lipinski definition) is 2. The minimum atomic E-state index is -0.690. The first-order chi connectivity index (χ1) is 8.56. The molecule has 0 spiro atoms. The number of amides is 1. The van der Waals surface area contributed by atoms with E-state index in [2.05, 4.69) is 10.1 Å². The lowest BCUT2D eigenvalue weighted by molar-refractivity contribution is -0.146. The van der Waals surface area contributed by atoms with E-state index in [0.29, 0.717) is 26.2 Å². The van der Waals surface area contributed by atoms with E-state index in [-0.39, 0.29) is 18.6 Å². The predicted molar refractivity (Wildman–Crippen MR) is 62.9 cm³/mol. The zero-order valence-electron chi connectivity index (χ0n) is 10.7. The normalized spacial score (nSPS) is 22.3. The van der Waals surface area contributed by atoms with E-state index in [9.17, 15) is 9.59 Å². The van der Waals surface area contributed by atoms with E-state index < -0.39 is 12.0 Å². The molecule has 0 aromatic heterocycles. The Morgan fingerprint density at radius 3 is 2.89 bits per heavy atom. The molecule has 2 atom stereocenters. The Balaban J connectivity index is 2.53. The van der Waals surface area contributed by atoms with Gasteiger partial charge in [-0.25, -0.2) is 4.79 Å². The summed E-state index contributed by atoms with van der Waals surface area (Å²) < 4.78 is 9.96. The monoisotopic (exact) mass is 260 g/mol. The zero-order valence-corrected chi connectivity index (χ0v) is 10.7. The van der Waals surface area contributed by atoms with Crippen molar-refractivity contribution in [1.29, 1.82) is 0 Å². The third-order valence-corrected chi connectivity index (χ3v) is 2.73. The molecule has 0 aliphatic carbocycles. The summed E-state index contributed by atoms with van der Waals surface area (Å²) in [4.78, 5) is 24.5. The van der Waals surface area contributed by atoms with Gasteiger partial charge in [0.1, 0.15) is 6.04 Å². The van der Waals surface area contributed by atoms with Crippen LogP contribution in [0.5, 0.6) is 0 Å². The topological polar surface area (TPSA) is 88.1 Å². The van der Waals surface area contributed by atoms with Crippen LogP contribution in [0.15, 0.2) is 0 Å². The van der Waals surface area contributed by atoms with Crippen molar-refractivity contribution in [3.8, 4) is 0 Å². The Kier molecular flexibility index (Phi) is 6.03. The SMILES string of the molecule is COC(=O)C(CN1CCOC(CO)C1)NC(C)=O. The van der Waals surface area contributed by atoms with Crippen LogP contribution in [0.4, 0.5) is 0 Å². The maximum absolute atomic E-state index is 11.5. The fraction of sp³-hybridized carbons (Fsp3) is 0.818. The highest BCUT2D eigenvalue weighted by molar-refractivity contribution is 5.83. The average molecular weight is 260 g/mol. The second-order valence-electron chi connectivity index (χ2n) is 4.21. The third-order valence-electron chi connectivity index (χ3n) is 2.73. The van der Waals surface area contributed by atoms with E-state index in [1.807, 2.05) is 4.90 Å². The molecule has 0 aromatic rings. The van der Waals surface area contributed by atoms with Crippen molar-refractivity contribution in [2.75, 3.05) is 40.0 Å². The Hall–Kier alpha value is -1.18. The van der Waals surface area contributed by atoms with Crippen molar-refractivity contribution in [2.45, 2.75) is 19.1 Å². The Morgan fingerprint density at radius 1 is 1.61 bits per heavy atom. The molecular weight excluding hydrogens is 240 g/mol. The molecular formula is C11H20N2O5. The summed E-state index contributed by atoms with van der Waals surface area (Å²) in [6.45, 7) is 3.34. The van der Waals surface area contributed by atoms with Gasteiger partial charge in [0.25, 0.3) is 0 Å². The van der Waals surface area contributed by atoms with Gasteiger partial charge in [0.05, 0.1) is 26.4 Å². The molecule has 104 valence electrons. The van der Waals surface area contributed by atoms with E-state index in [0.717, 1.165) is 0 Å². The molecule has 7 nitrogen and oxygen atoms in total. The molecule has 1 aliphatic rings. The first-order valence-electron chi connectivity index (χ1n) is 5.86. The molecule has 1 fully saturated rings. The molecule has 1 amide bonds. The van der Waals surface area contributed by atoms with Crippen LogP contribution in [0.25, 0.3) is 0 Å². The van der Waals surface area contributed by atoms with E-state index >= 15 is 0 Å². The first kappa shape index (κ1) is 14.9. The summed E-state index contributed by atoms with van der Waals surface area (Å²) in [6.07, 6.45) is -0.241. The van der Waals surface area contributed by atoms with Gasteiger partial charge in [-0.05, 0) is 0 Å². The van der Waals surface area contributed by atoms with Crippen LogP contribution in [0.1, 0.15) is 6.92 Å². The Labute approximate surface area is 106 Å². The highest BCUT2D eigenvalue weighted by atomic mass is 16.5. The van der Waals surface area contributed by atoms with Crippen molar-refractivity contribution in [1.82, 2.24) is 10.2 Å². The number of aliphatic hydroxyl groups is 1. The molecule has 2 unspecified atom stereocenters. The van der Waals surface area contributed by atoms with E-state index in [1.165, 1.54) is 14.0 Å². The molecule has 1 aliphatic heterocycles. The van der Waals surface area contributed by atoms with Crippen LogP contribution >= 0.6 is 0 Å². The molecule has 0 radical (unpaired) electrons. The number of hydrogen-bond acceptors (Lipinski definition) is 6. The molecule has 1 rings (SSSR count). The summed E-state index contributed by atoms with van der Waals surface area (Å²) in [5.41, 5.74) is 0. The summed E-state index contributed by atoms with van der Waals surface area (Å²) in [5, 5.41) is 11.6. The summed E-state index contributed by atoms with van der Waals surface area (Å²) in [5.74, 6) is -0.755.